The molecule has 2 heterocycles. The molecule has 28 heavy (non-hydrogen) atoms. The van der Waals surface area contributed by atoms with E-state index in [1.165, 1.54) is 22.5 Å². The Morgan fingerprint density at radius 2 is 1.86 bits per heavy atom. The summed E-state index contributed by atoms with van der Waals surface area (Å²) in [5, 5.41) is 5.34. The van der Waals surface area contributed by atoms with Crippen molar-refractivity contribution in [1.29, 1.82) is 0 Å². The van der Waals surface area contributed by atoms with Gasteiger partial charge in [-0.3, -0.25) is 4.79 Å². The second-order valence-corrected chi connectivity index (χ2v) is 7.74. The number of rotatable bonds is 6. The van der Waals surface area contributed by atoms with Crippen LogP contribution in [-0.2, 0) is 11.2 Å². The smallest absolute Gasteiger partial charge is 0.232 e. The largest absolute Gasteiger partial charge is 0.444 e. The number of aromatic nitrogens is 2. The normalized spacial score (nSPS) is 10.8. The van der Waals surface area contributed by atoms with Gasteiger partial charge in [0.15, 0.2) is 5.13 Å². The molecule has 0 aliphatic heterocycles. The van der Waals surface area contributed by atoms with Crippen molar-refractivity contribution in [3.05, 3.63) is 71.9 Å². The molecule has 7 heteroatoms. The summed E-state index contributed by atoms with van der Waals surface area (Å²) in [6, 6.07) is 17.8. The third kappa shape index (κ3) is 4.32. The highest BCUT2D eigenvalue weighted by Gasteiger charge is 2.12. The number of anilines is 1. The molecule has 4 rings (SSSR count). The Kier molecular flexibility index (Phi) is 5.55. The number of hydrogen-bond donors (Lipinski definition) is 1. The van der Waals surface area contributed by atoms with Crippen molar-refractivity contribution in [2.45, 2.75) is 11.3 Å². The molecule has 1 N–H and O–H groups in total. The highest BCUT2D eigenvalue weighted by Crippen LogP contribution is 2.27. The molecule has 0 radical (unpaired) electrons. The summed E-state index contributed by atoms with van der Waals surface area (Å²) in [5.41, 5.74) is 3.34. The first-order chi connectivity index (χ1) is 13.7. The monoisotopic (exact) mass is 407 g/mol. The van der Waals surface area contributed by atoms with Crippen LogP contribution in [0.5, 0.6) is 0 Å². The van der Waals surface area contributed by atoms with Crippen molar-refractivity contribution >= 4 is 34.1 Å². The fourth-order valence-corrected chi connectivity index (χ4v) is 3.80. The Morgan fingerprint density at radius 1 is 1.07 bits per heavy atom. The minimum atomic E-state index is -0.174. The van der Waals surface area contributed by atoms with Crippen LogP contribution in [0, 0.1) is 0 Å². The summed E-state index contributed by atoms with van der Waals surface area (Å²) in [6.07, 6.45) is 3.69. The summed E-state index contributed by atoms with van der Waals surface area (Å²) >= 11 is 3.10. The summed E-state index contributed by atoms with van der Waals surface area (Å²) in [7, 11) is 0. The number of hydrogen-bond acceptors (Lipinski definition) is 6. The number of carbonyl (C=O) groups is 1. The van der Waals surface area contributed by atoms with Gasteiger partial charge in [-0.25, -0.2) is 9.97 Å². The van der Waals surface area contributed by atoms with Gasteiger partial charge in [0.1, 0.15) is 6.26 Å². The van der Waals surface area contributed by atoms with Crippen molar-refractivity contribution in [2.75, 3.05) is 11.6 Å². The Bertz CT molecular complexity index is 1070. The highest BCUT2D eigenvalue weighted by atomic mass is 32.2. The Labute approximate surface area is 170 Å². The zero-order valence-corrected chi connectivity index (χ0v) is 16.7. The van der Waals surface area contributed by atoms with Crippen LogP contribution in [0.2, 0.25) is 0 Å². The highest BCUT2D eigenvalue weighted by molar-refractivity contribution is 7.98. The third-order valence-electron chi connectivity index (χ3n) is 4.05. The lowest BCUT2D eigenvalue weighted by atomic mass is 10.2. The van der Waals surface area contributed by atoms with E-state index in [1.807, 2.05) is 54.1 Å². The fourth-order valence-electron chi connectivity index (χ4n) is 2.65. The molecule has 0 atom stereocenters. The van der Waals surface area contributed by atoms with Gasteiger partial charge in [-0.05, 0) is 30.5 Å². The van der Waals surface area contributed by atoms with Gasteiger partial charge in [-0.15, -0.1) is 23.1 Å². The van der Waals surface area contributed by atoms with Gasteiger partial charge >= 0.3 is 0 Å². The summed E-state index contributed by atoms with van der Waals surface area (Å²) in [5.74, 6) is 0.333. The lowest BCUT2D eigenvalue weighted by Crippen LogP contribution is -2.14. The van der Waals surface area contributed by atoms with E-state index in [9.17, 15) is 4.79 Å². The molecule has 0 unspecified atom stereocenters. The van der Waals surface area contributed by atoms with E-state index in [0.717, 1.165) is 16.8 Å². The van der Waals surface area contributed by atoms with Gasteiger partial charge in [-0.2, -0.15) is 0 Å². The first-order valence-electron chi connectivity index (χ1n) is 8.61. The van der Waals surface area contributed by atoms with Crippen molar-refractivity contribution in [3.63, 3.8) is 0 Å². The van der Waals surface area contributed by atoms with Crippen molar-refractivity contribution < 1.29 is 9.21 Å². The number of amides is 1. The van der Waals surface area contributed by atoms with Crippen LogP contribution in [0.1, 0.15) is 5.69 Å². The quantitative estimate of drug-likeness (QED) is 0.435. The molecular formula is C21H17N3O2S2. The Hall–Kier alpha value is -2.90. The van der Waals surface area contributed by atoms with Crippen LogP contribution in [0.25, 0.3) is 22.7 Å². The number of thiazole rings is 1. The molecule has 0 aliphatic rings. The molecule has 5 nitrogen and oxygen atoms in total. The average Bonchev–Trinajstić information content (AvgIpc) is 3.38. The maximum Gasteiger partial charge on any atom is 0.232 e. The molecule has 0 spiro atoms. The number of nitrogens with one attached hydrogen (secondary N) is 1. The number of thioether (sulfide) groups is 1. The van der Waals surface area contributed by atoms with Gasteiger partial charge in [0.05, 0.1) is 17.8 Å². The van der Waals surface area contributed by atoms with Crippen LogP contribution >= 0.6 is 23.1 Å². The molecule has 0 fully saturated rings. The van der Waals surface area contributed by atoms with E-state index in [2.05, 4.69) is 27.4 Å². The molecule has 0 saturated heterocycles. The van der Waals surface area contributed by atoms with E-state index < -0.39 is 0 Å². The van der Waals surface area contributed by atoms with Gasteiger partial charge in [0, 0.05) is 21.4 Å². The lowest BCUT2D eigenvalue weighted by molar-refractivity contribution is -0.115. The van der Waals surface area contributed by atoms with Crippen LogP contribution in [0.4, 0.5) is 5.13 Å². The second-order valence-electron chi connectivity index (χ2n) is 6.00. The minimum Gasteiger partial charge on any atom is -0.444 e. The molecule has 2 aromatic heterocycles. The van der Waals surface area contributed by atoms with E-state index in [1.54, 1.807) is 11.8 Å². The molecule has 0 aliphatic carbocycles. The predicted octanol–water partition coefficient (Wildman–Crippen LogP) is 5.37. The van der Waals surface area contributed by atoms with Crippen LogP contribution < -0.4 is 5.32 Å². The first-order valence-corrected chi connectivity index (χ1v) is 10.7. The Balaban J connectivity index is 1.39. The molecule has 0 bridgehead atoms. The van der Waals surface area contributed by atoms with E-state index in [4.69, 9.17) is 4.42 Å². The number of benzene rings is 2. The zero-order valence-electron chi connectivity index (χ0n) is 15.1. The average molecular weight is 408 g/mol. The maximum absolute atomic E-state index is 12.3. The summed E-state index contributed by atoms with van der Waals surface area (Å²) < 4.78 is 5.48. The fraction of sp³-hybridized carbons (Fsp3) is 0.0952. The van der Waals surface area contributed by atoms with Gasteiger partial charge in [-0.1, -0.05) is 30.3 Å². The van der Waals surface area contributed by atoms with Crippen LogP contribution in [0.15, 0.2) is 75.6 Å². The first kappa shape index (κ1) is 18.5. The summed E-state index contributed by atoms with van der Waals surface area (Å²) in [6.45, 7) is 0. The Morgan fingerprint density at radius 3 is 2.61 bits per heavy atom. The molecule has 1 amide bonds. The maximum atomic E-state index is 12.3. The van der Waals surface area contributed by atoms with Gasteiger partial charge in [0.2, 0.25) is 11.8 Å². The second kappa shape index (κ2) is 8.41. The van der Waals surface area contributed by atoms with Crippen molar-refractivity contribution in [1.82, 2.24) is 9.97 Å². The van der Waals surface area contributed by atoms with Crippen LogP contribution in [-0.4, -0.2) is 22.1 Å². The van der Waals surface area contributed by atoms with Crippen molar-refractivity contribution in [2.24, 2.45) is 0 Å². The van der Waals surface area contributed by atoms with Gasteiger partial charge < -0.3 is 9.73 Å². The molecule has 4 aromatic rings. The summed E-state index contributed by atoms with van der Waals surface area (Å²) in [4.78, 5) is 22.4. The number of nitrogens with zero attached hydrogens (tertiary/aromatic N) is 2. The standard InChI is InChI=1S/C21H17N3O2S2/c1-27-17-9-7-14(8-10-17)18-13-28-21(23-18)24-19(25)11-16-12-26-20(22-16)15-5-3-2-4-6-15/h2-10,12-13H,11H2,1H3,(H,23,24,25). The topological polar surface area (TPSA) is 68.0 Å². The SMILES string of the molecule is CSc1ccc(-c2csc(NC(=O)Cc3coc(-c4ccccc4)n3)n2)cc1. The minimum absolute atomic E-state index is 0.133. The lowest BCUT2D eigenvalue weighted by Gasteiger charge is -2.00. The third-order valence-corrected chi connectivity index (χ3v) is 5.55. The van der Waals surface area contributed by atoms with Crippen molar-refractivity contribution in [3.8, 4) is 22.7 Å². The molecule has 2 aromatic carbocycles. The molecule has 0 saturated carbocycles. The number of oxazole rings is 1. The number of carbonyl (C=O) groups excluding carboxylic acids is 1. The zero-order chi connectivity index (χ0) is 19.3. The molecular weight excluding hydrogens is 390 g/mol. The van der Waals surface area contributed by atoms with E-state index >= 15 is 0 Å². The van der Waals surface area contributed by atoms with Gasteiger partial charge in [0.25, 0.3) is 0 Å². The predicted molar refractivity (Wildman–Crippen MR) is 114 cm³/mol. The van der Waals surface area contributed by atoms with Crippen LogP contribution in [0.3, 0.4) is 0 Å². The van der Waals surface area contributed by atoms with E-state index in [0.29, 0.717) is 16.7 Å². The van der Waals surface area contributed by atoms with E-state index in [-0.39, 0.29) is 12.3 Å². The molecule has 140 valence electrons.